The number of hydrogen-bond donors (Lipinski definition) is 2. The first-order valence-electron chi connectivity index (χ1n) is 11.4. The van der Waals surface area contributed by atoms with Crippen LogP contribution in [-0.2, 0) is 0 Å². The quantitative estimate of drug-likeness (QED) is 0.448. The Hall–Kier alpha value is -3.26. The third kappa shape index (κ3) is 4.23. The summed E-state index contributed by atoms with van der Waals surface area (Å²) in [5.41, 5.74) is 3.96. The second kappa shape index (κ2) is 8.59. The zero-order chi connectivity index (χ0) is 23.1. The molecule has 2 N–H and O–H groups in total. The molecule has 0 saturated heterocycles. The molecule has 1 amide bonds. The average Bonchev–Trinajstić information content (AvgIpc) is 3.20. The van der Waals surface area contributed by atoms with Crippen molar-refractivity contribution in [2.45, 2.75) is 52.5 Å². The molecule has 2 heterocycles. The molecule has 2 aromatic heterocycles. The second-order valence-corrected chi connectivity index (χ2v) is 9.99. The standard InChI is InChI=1S/C25H27N5O2S/c1-14-8-9-16(3)20(12-14)27-24-29-30-23(32)18-11-10-17(13-21(18)28-25(30)33-24)22(31)26-19-7-5-4-6-15(19)2/h8-13,15,19H,4-7H2,1-3H3,(H,26,31)(H,27,29)/t15-,19+/m1/s1. The number of aryl methyl sites for hydroxylation is 2. The lowest BCUT2D eigenvalue weighted by Crippen LogP contribution is -2.41. The number of aromatic nitrogens is 3. The fraction of sp³-hybridized carbons (Fsp3) is 0.360. The van der Waals surface area contributed by atoms with Gasteiger partial charge in [-0.05, 0) is 68.0 Å². The Morgan fingerprint density at radius 2 is 1.94 bits per heavy atom. The van der Waals surface area contributed by atoms with Crippen LogP contribution in [0, 0.1) is 19.8 Å². The largest absolute Gasteiger partial charge is 0.349 e. The number of nitrogens with one attached hydrogen (secondary N) is 2. The van der Waals surface area contributed by atoms with E-state index in [1.165, 1.54) is 22.3 Å². The summed E-state index contributed by atoms with van der Waals surface area (Å²) in [7, 11) is 0. The van der Waals surface area contributed by atoms with E-state index in [4.69, 9.17) is 0 Å². The third-order valence-corrected chi connectivity index (χ3v) is 7.35. The molecule has 1 fully saturated rings. The van der Waals surface area contributed by atoms with Gasteiger partial charge in [-0.25, -0.2) is 4.98 Å². The van der Waals surface area contributed by atoms with Gasteiger partial charge in [0.25, 0.3) is 11.5 Å². The summed E-state index contributed by atoms with van der Waals surface area (Å²) in [6, 6.07) is 11.4. The fourth-order valence-electron chi connectivity index (χ4n) is 4.47. The van der Waals surface area contributed by atoms with Crippen LogP contribution in [0.4, 0.5) is 10.8 Å². The lowest BCUT2D eigenvalue weighted by Gasteiger charge is -2.29. The van der Waals surface area contributed by atoms with Gasteiger partial charge in [-0.2, -0.15) is 4.52 Å². The van der Waals surface area contributed by atoms with Crippen LogP contribution in [0.25, 0.3) is 15.9 Å². The highest BCUT2D eigenvalue weighted by Crippen LogP contribution is 2.26. The van der Waals surface area contributed by atoms with E-state index in [9.17, 15) is 9.59 Å². The van der Waals surface area contributed by atoms with E-state index in [1.807, 2.05) is 26.0 Å². The van der Waals surface area contributed by atoms with Crippen LogP contribution < -0.4 is 16.2 Å². The van der Waals surface area contributed by atoms with Crippen LogP contribution in [0.15, 0.2) is 41.2 Å². The van der Waals surface area contributed by atoms with Crippen molar-refractivity contribution in [3.05, 3.63) is 63.4 Å². The van der Waals surface area contributed by atoms with Crippen LogP contribution in [0.5, 0.6) is 0 Å². The van der Waals surface area contributed by atoms with Crippen LogP contribution in [0.2, 0.25) is 0 Å². The summed E-state index contributed by atoms with van der Waals surface area (Å²) in [5, 5.41) is 12.0. The highest BCUT2D eigenvalue weighted by Gasteiger charge is 2.23. The number of fused-ring (bicyclic) bond motifs is 2. The number of hydrogen-bond acceptors (Lipinski definition) is 6. The van der Waals surface area contributed by atoms with Crippen LogP contribution in [0.1, 0.15) is 54.1 Å². The van der Waals surface area contributed by atoms with E-state index in [1.54, 1.807) is 18.2 Å². The van der Waals surface area contributed by atoms with Gasteiger partial charge in [0.15, 0.2) is 0 Å². The highest BCUT2D eigenvalue weighted by molar-refractivity contribution is 7.20. The molecule has 8 heteroatoms. The molecule has 5 rings (SSSR count). The Labute approximate surface area is 195 Å². The zero-order valence-corrected chi connectivity index (χ0v) is 19.8. The topological polar surface area (TPSA) is 88.4 Å². The number of anilines is 2. The Kier molecular flexibility index (Phi) is 5.62. The Morgan fingerprint density at radius 1 is 1.12 bits per heavy atom. The first-order valence-corrected chi connectivity index (χ1v) is 12.2. The third-order valence-electron chi connectivity index (χ3n) is 6.52. The lowest BCUT2D eigenvalue weighted by molar-refractivity contribution is 0.0910. The zero-order valence-electron chi connectivity index (χ0n) is 19.0. The van der Waals surface area contributed by atoms with E-state index >= 15 is 0 Å². The molecule has 1 saturated carbocycles. The van der Waals surface area contributed by atoms with E-state index in [0.29, 0.717) is 32.5 Å². The Balaban J connectivity index is 1.46. The maximum Gasteiger partial charge on any atom is 0.283 e. The van der Waals surface area contributed by atoms with Gasteiger partial charge in [-0.1, -0.05) is 43.2 Å². The Bertz CT molecular complexity index is 1420. The molecule has 1 aliphatic rings. The molecular weight excluding hydrogens is 434 g/mol. The molecule has 4 aromatic rings. The molecule has 0 spiro atoms. The minimum atomic E-state index is -0.242. The van der Waals surface area contributed by atoms with Crippen molar-refractivity contribution in [1.82, 2.24) is 19.9 Å². The fourth-order valence-corrected chi connectivity index (χ4v) is 5.28. The van der Waals surface area contributed by atoms with Gasteiger partial charge in [-0.3, -0.25) is 9.59 Å². The number of rotatable bonds is 4. The molecular formula is C25H27N5O2S. The normalized spacial score (nSPS) is 18.5. The van der Waals surface area contributed by atoms with Gasteiger partial charge >= 0.3 is 0 Å². The highest BCUT2D eigenvalue weighted by atomic mass is 32.1. The van der Waals surface area contributed by atoms with Gasteiger partial charge in [-0.15, -0.1) is 5.10 Å². The predicted molar refractivity (Wildman–Crippen MR) is 133 cm³/mol. The summed E-state index contributed by atoms with van der Waals surface area (Å²) < 4.78 is 1.32. The number of carbonyl (C=O) groups is 1. The molecule has 0 bridgehead atoms. The summed E-state index contributed by atoms with van der Waals surface area (Å²) in [6.45, 7) is 6.25. The molecule has 0 aliphatic heterocycles. The van der Waals surface area contributed by atoms with Crippen LogP contribution >= 0.6 is 11.3 Å². The molecule has 170 valence electrons. The Morgan fingerprint density at radius 3 is 2.76 bits per heavy atom. The average molecular weight is 462 g/mol. The minimum absolute atomic E-state index is 0.112. The molecule has 7 nitrogen and oxygen atoms in total. The maximum atomic E-state index is 13.1. The van der Waals surface area contributed by atoms with Crippen molar-refractivity contribution in [2.75, 3.05) is 5.32 Å². The summed E-state index contributed by atoms with van der Waals surface area (Å²) in [5.74, 6) is 0.366. The van der Waals surface area contributed by atoms with Gasteiger partial charge in [0.05, 0.1) is 10.9 Å². The maximum absolute atomic E-state index is 13.1. The van der Waals surface area contributed by atoms with E-state index < -0.39 is 0 Å². The smallest absolute Gasteiger partial charge is 0.283 e. The van der Waals surface area contributed by atoms with Crippen molar-refractivity contribution in [3.8, 4) is 0 Å². The van der Waals surface area contributed by atoms with E-state index in [2.05, 4.69) is 33.7 Å². The molecule has 33 heavy (non-hydrogen) atoms. The van der Waals surface area contributed by atoms with E-state index in [-0.39, 0.29) is 17.5 Å². The van der Waals surface area contributed by atoms with Crippen LogP contribution in [0.3, 0.4) is 0 Å². The predicted octanol–water partition coefficient (Wildman–Crippen LogP) is 4.97. The monoisotopic (exact) mass is 461 g/mol. The van der Waals surface area contributed by atoms with Gasteiger partial charge < -0.3 is 10.6 Å². The summed E-state index contributed by atoms with van der Waals surface area (Å²) in [6.07, 6.45) is 4.52. The SMILES string of the molecule is Cc1ccc(C)c(Nc2nn3c(=O)c4ccc(C(=O)N[C@H]5CCCC[C@H]5C)cc4nc3s2)c1. The lowest BCUT2D eigenvalue weighted by atomic mass is 9.86. The van der Waals surface area contributed by atoms with Crippen molar-refractivity contribution >= 4 is 43.9 Å². The first kappa shape index (κ1) is 21.6. The van der Waals surface area contributed by atoms with Crippen LogP contribution in [-0.4, -0.2) is 26.5 Å². The molecule has 0 unspecified atom stereocenters. The molecule has 2 atom stereocenters. The van der Waals surface area contributed by atoms with Gasteiger partial charge in [0.2, 0.25) is 10.1 Å². The first-order chi connectivity index (χ1) is 15.9. The molecule has 0 radical (unpaired) electrons. The van der Waals surface area contributed by atoms with Crippen molar-refractivity contribution < 1.29 is 4.79 Å². The van der Waals surface area contributed by atoms with Gasteiger partial charge in [0, 0.05) is 17.3 Å². The van der Waals surface area contributed by atoms with Crippen molar-refractivity contribution in [1.29, 1.82) is 0 Å². The van der Waals surface area contributed by atoms with Gasteiger partial charge in [0.1, 0.15) is 0 Å². The number of amides is 1. The summed E-state index contributed by atoms with van der Waals surface area (Å²) in [4.78, 5) is 31.1. The minimum Gasteiger partial charge on any atom is -0.349 e. The number of benzene rings is 2. The van der Waals surface area contributed by atoms with E-state index in [0.717, 1.165) is 36.1 Å². The number of carbonyl (C=O) groups excluding carboxylic acids is 1. The van der Waals surface area contributed by atoms with Crippen molar-refractivity contribution in [3.63, 3.8) is 0 Å². The van der Waals surface area contributed by atoms with Crippen molar-refractivity contribution in [2.24, 2.45) is 5.92 Å². The summed E-state index contributed by atoms with van der Waals surface area (Å²) >= 11 is 1.31. The second-order valence-electron chi connectivity index (χ2n) is 9.04. The number of nitrogens with zero attached hydrogens (tertiary/aromatic N) is 3. The molecule has 1 aliphatic carbocycles. The molecule has 2 aromatic carbocycles.